The highest BCUT2D eigenvalue weighted by Gasteiger charge is 2.33. The fraction of sp³-hybridized carbons (Fsp3) is 0.207. The van der Waals surface area contributed by atoms with Crippen molar-refractivity contribution in [2.45, 2.75) is 32.3 Å². The zero-order valence-electron chi connectivity index (χ0n) is 18.6. The topological polar surface area (TPSA) is 29.5 Å². The number of hydrogen-bond acceptors (Lipinski definition) is 2. The molecule has 0 aromatic heterocycles. The molecule has 1 unspecified atom stereocenters. The second-order valence-electron chi connectivity index (χ2n) is 8.51. The Balaban J connectivity index is 1.46. The second-order valence-corrected chi connectivity index (χ2v) is 8.94. The molecule has 4 aromatic carbocycles. The van der Waals surface area contributed by atoms with Crippen molar-refractivity contribution in [3.63, 3.8) is 0 Å². The lowest BCUT2D eigenvalue weighted by atomic mass is 9.81. The van der Waals surface area contributed by atoms with Crippen molar-refractivity contribution >= 4 is 34.0 Å². The van der Waals surface area contributed by atoms with Gasteiger partial charge in [0.1, 0.15) is 12.4 Å². The fourth-order valence-electron chi connectivity index (χ4n) is 4.70. The molecule has 166 valence electrons. The number of halogens is 1. The van der Waals surface area contributed by atoms with Gasteiger partial charge in [-0.1, -0.05) is 73.1 Å². The van der Waals surface area contributed by atoms with E-state index >= 15 is 0 Å². The van der Waals surface area contributed by atoms with E-state index in [9.17, 15) is 4.79 Å². The van der Waals surface area contributed by atoms with Gasteiger partial charge >= 0.3 is 0 Å². The first-order valence-corrected chi connectivity index (χ1v) is 11.8. The summed E-state index contributed by atoms with van der Waals surface area (Å²) in [5, 5.41) is 3.14. The minimum absolute atomic E-state index is 0.0250. The lowest BCUT2D eigenvalue weighted by molar-refractivity contribution is -0.119. The molecule has 0 fully saturated rings. The fourth-order valence-corrected chi connectivity index (χ4v) is 4.83. The number of carbonyl (C=O) groups is 1. The molecule has 1 heterocycles. The van der Waals surface area contributed by atoms with E-state index in [1.54, 1.807) is 0 Å². The van der Waals surface area contributed by atoms with E-state index in [2.05, 4.69) is 55.5 Å². The maximum atomic E-state index is 13.1. The van der Waals surface area contributed by atoms with Crippen LogP contribution < -0.4 is 9.64 Å². The van der Waals surface area contributed by atoms with Crippen LogP contribution in [0, 0.1) is 0 Å². The molecular formula is C29H26ClNO2. The average molecular weight is 456 g/mol. The molecule has 1 atom stereocenters. The lowest BCUT2D eigenvalue weighted by Gasteiger charge is -2.35. The van der Waals surface area contributed by atoms with Gasteiger partial charge in [-0.2, -0.15) is 0 Å². The Kier molecular flexibility index (Phi) is 6.06. The van der Waals surface area contributed by atoms with E-state index in [1.165, 1.54) is 16.3 Å². The van der Waals surface area contributed by atoms with E-state index < -0.39 is 0 Å². The van der Waals surface area contributed by atoms with E-state index in [-0.39, 0.29) is 11.8 Å². The van der Waals surface area contributed by atoms with Crippen molar-refractivity contribution in [1.82, 2.24) is 0 Å². The molecule has 4 heteroatoms. The predicted molar refractivity (Wildman–Crippen MR) is 135 cm³/mol. The minimum atomic E-state index is 0.0250. The normalized spacial score (nSPS) is 15.5. The van der Waals surface area contributed by atoms with Gasteiger partial charge in [0, 0.05) is 29.6 Å². The van der Waals surface area contributed by atoms with Crippen LogP contribution in [0.4, 0.5) is 5.69 Å². The van der Waals surface area contributed by atoms with Crippen LogP contribution in [0.2, 0.25) is 5.02 Å². The molecule has 0 spiro atoms. The number of carbonyl (C=O) groups excluding carboxylic acids is 1. The van der Waals surface area contributed by atoms with Gasteiger partial charge in [-0.25, -0.2) is 0 Å². The van der Waals surface area contributed by atoms with Gasteiger partial charge in [-0.3, -0.25) is 4.79 Å². The zero-order valence-corrected chi connectivity index (χ0v) is 19.4. The first-order chi connectivity index (χ1) is 16.1. The maximum absolute atomic E-state index is 13.1. The van der Waals surface area contributed by atoms with Gasteiger partial charge in [0.05, 0.1) is 0 Å². The van der Waals surface area contributed by atoms with Crippen molar-refractivity contribution in [2.24, 2.45) is 0 Å². The molecular weight excluding hydrogens is 430 g/mol. The third kappa shape index (κ3) is 4.34. The van der Waals surface area contributed by atoms with Crippen LogP contribution in [-0.4, -0.2) is 12.5 Å². The summed E-state index contributed by atoms with van der Waals surface area (Å²) in [5.74, 6) is 1.02. The summed E-state index contributed by atoms with van der Waals surface area (Å²) in [6.45, 7) is 3.34. The molecule has 1 aliphatic heterocycles. The number of amides is 1. The zero-order chi connectivity index (χ0) is 22.8. The molecule has 1 amide bonds. The van der Waals surface area contributed by atoms with Crippen LogP contribution in [0.3, 0.4) is 0 Å². The highest BCUT2D eigenvalue weighted by molar-refractivity contribution is 6.30. The molecule has 0 N–H and O–H groups in total. The van der Waals surface area contributed by atoms with Crippen molar-refractivity contribution < 1.29 is 9.53 Å². The number of nitrogens with zero attached hydrogens (tertiary/aromatic N) is 1. The highest BCUT2D eigenvalue weighted by Crippen LogP contribution is 2.44. The first-order valence-electron chi connectivity index (χ1n) is 11.4. The summed E-state index contributed by atoms with van der Waals surface area (Å²) >= 11 is 5.96. The minimum Gasteiger partial charge on any atom is -0.489 e. The molecule has 0 saturated carbocycles. The van der Waals surface area contributed by atoms with Crippen LogP contribution in [0.5, 0.6) is 5.75 Å². The molecule has 0 bridgehead atoms. The van der Waals surface area contributed by atoms with Gasteiger partial charge in [-0.05, 0) is 64.2 Å². The number of hydrogen-bond donors (Lipinski definition) is 0. The summed E-state index contributed by atoms with van der Waals surface area (Å²) in [6.07, 6.45) is 1.41. The van der Waals surface area contributed by atoms with Crippen molar-refractivity contribution in [3.8, 4) is 5.75 Å². The Bertz CT molecular complexity index is 1280. The molecule has 1 aliphatic rings. The highest BCUT2D eigenvalue weighted by atomic mass is 35.5. The smallest absolute Gasteiger partial charge is 0.227 e. The van der Waals surface area contributed by atoms with Crippen LogP contribution in [-0.2, 0) is 11.4 Å². The summed E-state index contributed by atoms with van der Waals surface area (Å²) in [7, 11) is 0. The Hall–Kier alpha value is -3.30. The molecule has 4 aromatic rings. The largest absolute Gasteiger partial charge is 0.489 e. The number of fused-ring (bicyclic) bond motifs is 3. The van der Waals surface area contributed by atoms with E-state index in [1.807, 2.05) is 41.3 Å². The Morgan fingerprint density at radius 2 is 1.70 bits per heavy atom. The number of benzene rings is 4. The number of rotatable bonds is 6. The third-order valence-electron chi connectivity index (χ3n) is 6.32. The molecule has 0 aliphatic carbocycles. The van der Waals surface area contributed by atoms with Crippen LogP contribution in [0.1, 0.15) is 42.4 Å². The quantitative estimate of drug-likeness (QED) is 0.304. The van der Waals surface area contributed by atoms with E-state index in [4.69, 9.17) is 16.3 Å². The summed E-state index contributed by atoms with van der Waals surface area (Å²) in [4.78, 5) is 15.1. The lowest BCUT2D eigenvalue weighted by Crippen LogP contribution is -2.37. The number of ether oxygens (including phenoxy) is 1. The monoisotopic (exact) mass is 455 g/mol. The summed E-state index contributed by atoms with van der Waals surface area (Å²) < 4.78 is 5.97. The van der Waals surface area contributed by atoms with Crippen molar-refractivity contribution in [2.75, 3.05) is 11.4 Å². The molecule has 33 heavy (non-hydrogen) atoms. The average Bonchev–Trinajstić information content (AvgIpc) is 2.85. The Morgan fingerprint density at radius 1 is 0.939 bits per heavy atom. The SMILES string of the molecule is CCCN1C(=O)CC(c2ccc(OCc3ccc(Cl)cc3)cc2)c2c1ccc1ccccc21. The summed E-state index contributed by atoms with van der Waals surface area (Å²) in [5.41, 5.74) is 4.49. The number of anilines is 1. The molecule has 5 rings (SSSR count). The Morgan fingerprint density at radius 3 is 2.45 bits per heavy atom. The Labute approximate surface area is 199 Å². The van der Waals surface area contributed by atoms with Crippen molar-refractivity contribution in [1.29, 1.82) is 0 Å². The predicted octanol–water partition coefficient (Wildman–Crippen LogP) is 7.35. The molecule has 3 nitrogen and oxygen atoms in total. The molecule has 0 radical (unpaired) electrons. The van der Waals surface area contributed by atoms with E-state index in [0.29, 0.717) is 13.0 Å². The first kappa shape index (κ1) is 21.5. The maximum Gasteiger partial charge on any atom is 0.227 e. The van der Waals surface area contributed by atoms with Gasteiger partial charge in [0.25, 0.3) is 0 Å². The van der Waals surface area contributed by atoms with Gasteiger partial charge in [0.2, 0.25) is 5.91 Å². The third-order valence-corrected chi connectivity index (χ3v) is 6.57. The molecule has 0 saturated heterocycles. The van der Waals surface area contributed by atoms with E-state index in [0.717, 1.165) is 40.6 Å². The van der Waals surface area contributed by atoms with Crippen LogP contribution >= 0.6 is 11.6 Å². The summed E-state index contributed by atoms with van der Waals surface area (Å²) in [6, 6.07) is 28.5. The van der Waals surface area contributed by atoms with Crippen LogP contribution in [0.25, 0.3) is 10.8 Å². The second kappa shape index (κ2) is 9.29. The standard InChI is InChI=1S/C29H26ClNO2/c1-2-17-31-27-16-11-21-5-3-4-6-25(21)29(27)26(18-28(31)32)22-9-14-24(15-10-22)33-19-20-7-12-23(30)13-8-20/h3-16,26H,2,17-19H2,1H3. The van der Waals surface area contributed by atoms with Gasteiger partial charge < -0.3 is 9.64 Å². The van der Waals surface area contributed by atoms with Gasteiger partial charge in [0.15, 0.2) is 0 Å². The van der Waals surface area contributed by atoms with Crippen LogP contribution in [0.15, 0.2) is 84.9 Å². The van der Waals surface area contributed by atoms with Gasteiger partial charge in [-0.15, -0.1) is 0 Å². The van der Waals surface area contributed by atoms with Crippen molar-refractivity contribution in [3.05, 3.63) is 107 Å².